The summed E-state index contributed by atoms with van der Waals surface area (Å²) in [6.07, 6.45) is 2.36. The molecule has 2 atom stereocenters. The number of aromatic nitrogens is 4. The van der Waals surface area contributed by atoms with E-state index in [0.29, 0.717) is 23.6 Å². The predicted octanol–water partition coefficient (Wildman–Crippen LogP) is 4.34. The van der Waals surface area contributed by atoms with Crippen molar-refractivity contribution in [3.8, 4) is 11.5 Å². The minimum Gasteiger partial charge on any atom is -0.444 e. The molecule has 0 saturated carbocycles. The Morgan fingerprint density at radius 3 is 2.57 bits per heavy atom. The van der Waals surface area contributed by atoms with E-state index in [1.165, 1.54) is 27.5 Å². The molecule has 12 nitrogen and oxygen atoms in total. The maximum absolute atomic E-state index is 13.4. The second-order valence-electron chi connectivity index (χ2n) is 11.4. The van der Waals surface area contributed by atoms with Crippen LogP contribution in [0, 0.1) is 17.7 Å². The molecule has 0 bridgehead atoms. The smallest absolute Gasteiger partial charge is 0.410 e. The number of pyridine rings is 1. The number of hydrogen-bond donors (Lipinski definition) is 2. The van der Waals surface area contributed by atoms with Crippen LogP contribution in [0.2, 0.25) is 5.15 Å². The van der Waals surface area contributed by atoms with Gasteiger partial charge < -0.3 is 19.9 Å². The molecule has 0 aliphatic carbocycles. The average Bonchev–Trinajstić information content (AvgIpc) is 3.49. The molecule has 2 N–H and O–H groups in total. The van der Waals surface area contributed by atoms with E-state index in [2.05, 4.69) is 25.3 Å². The highest BCUT2D eigenvalue weighted by Crippen LogP contribution is 2.39. The largest absolute Gasteiger partial charge is 0.444 e. The molecule has 0 aromatic carbocycles. The number of hydrogen-bond acceptors (Lipinski definition) is 9. The zero-order valence-electron chi connectivity index (χ0n) is 23.4. The summed E-state index contributed by atoms with van der Waals surface area (Å²) < 4.78 is 46.9. The quantitative estimate of drug-likeness (QED) is 0.404. The number of sulfonamides is 1. The molecule has 5 heterocycles. The monoisotopic (exact) mass is 639 g/mol. The predicted molar refractivity (Wildman–Crippen MR) is 154 cm³/mol. The number of thiazole rings is 1. The summed E-state index contributed by atoms with van der Waals surface area (Å²) in [5.74, 6) is -0.997. The number of amides is 2. The van der Waals surface area contributed by atoms with Crippen LogP contribution >= 0.6 is 22.9 Å². The Kier molecular flexibility index (Phi) is 8.31. The number of piperidine rings is 1. The van der Waals surface area contributed by atoms with Gasteiger partial charge in [0, 0.05) is 32.1 Å². The van der Waals surface area contributed by atoms with Crippen LogP contribution in [0.15, 0.2) is 28.7 Å². The van der Waals surface area contributed by atoms with Crippen molar-refractivity contribution in [2.45, 2.75) is 49.8 Å². The Bertz CT molecular complexity index is 1580. The number of aromatic amines is 1. The third kappa shape index (κ3) is 6.43. The molecule has 5 rings (SSSR count). The van der Waals surface area contributed by atoms with Gasteiger partial charge in [-0.1, -0.05) is 29.9 Å². The second-order valence-corrected chi connectivity index (χ2v) is 15.0. The van der Waals surface area contributed by atoms with Crippen molar-refractivity contribution >= 4 is 50.1 Å². The second kappa shape index (κ2) is 11.5. The fourth-order valence-corrected chi connectivity index (χ4v) is 7.91. The van der Waals surface area contributed by atoms with Crippen molar-refractivity contribution in [2.75, 3.05) is 31.5 Å². The van der Waals surface area contributed by atoms with Crippen molar-refractivity contribution in [1.29, 1.82) is 0 Å². The van der Waals surface area contributed by atoms with E-state index in [4.69, 9.17) is 16.3 Å². The molecule has 42 heavy (non-hydrogen) atoms. The van der Waals surface area contributed by atoms with Crippen LogP contribution in [-0.2, 0) is 19.6 Å². The van der Waals surface area contributed by atoms with Gasteiger partial charge in [-0.25, -0.2) is 32.6 Å². The Balaban J connectivity index is 1.18. The van der Waals surface area contributed by atoms with Crippen LogP contribution in [0.5, 0.6) is 0 Å². The van der Waals surface area contributed by atoms with Crippen molar-refractivity contribution in [1.82, 2.24) is 29.1 Å². The number of halogens is 2. The lowest BCUT2D eigenvalue weighted by molar-refractivity contribution is -0.124. The number of ether oxygens (including phenoxy) is 1. The zero-order chi connectivity index (χ0) is 30.4. The minimum atomic E-state index is -3.85. The van der Waals surface area contributed by atoms with E-state index in [-0.39, 0.29) is 58.4 Å². The minimum absolute atomic E-state index is 0.0247. The number of rotatable bonds is 6. The maximum atomic E-state index is 13.4. The third-order valence-corrected chi connectivity index (χ3v) is 10.6. The summed E-state index contributed by atoms with van der Waals surface area (Å²) in [5, 5.41) is 3.11. The fourth-order valence-electron chi connectivity index (χ4n) is 4.89. The molecular formula is C26H31ClFN7O5S2. The van der Waals surface area contributed by atoms with Gasteiger partial charge in [0.05, 0.1) is 24.0 Å². The molecule has 2 amide bonds. The molecule has 3 aromatic rings. The number of imidazole rings is 1. The molecule has 2 aliphatic heterocycles. The number of anilines is 1. The van der Waals surface area contributed by atoms with Gasteiger partial charge >= 0.3 is 6.09 Å². The Morgan fingerprint density at radius 2 is 1.93 bits per heavy atom. The summed E-state index contributed by atoms with van der Waals surface area (Å²) in [6, 6.07) is 2.79. The van der Waals surface area contributed by atoms with Gasteiger partial charge in [0.15, 0.2) is 20.3 Å². The van der Waals surface area contributed by atoms with Gasteiger partial charge in [-0.05, 0) is 45.2 Å². The number of carbonyl (C=O) groups is 2. The molecule has 2 fully saturated rings. The standard InChI is InChI=1S/C26H31ClFN7O5S2/c1-14-11-35(8-7-17(14)20-21(27)32-22(31-20)18-6-5-16(28)9-29-18)42(38,39)19-10-30-24(41-19)33-23(36)15-12-34(13-15)25(37)40-26(2,3)4/h5-6,9-10,14-15,17H,7-8,11-13H2,1-4H3,(H,31,32)(H,30,33,36)/t14-,17+/m0/s1. The molecule has 0 spiro atoms. The molecule has 226 valence electrons. The summed E-state index contributed by atoms with van der Waals surface area (Å²) in [5.41, 5.74) is 0.508. The van der Waals surface area contributed by atoms with Crippen molar-refractivity contribution in [3.05, 3.63) is 41.2 Å². The lowest BCUT2D eigenvalue weighted by Gasteiger charge is -2.38. The van der Waals surface area contributed by atoms with Gasteiger partial charge in [-0.3, -0.25) is 4.79 Å². The first kappa shape index (κ1) is 30.3. The Hall–Kier alpha value is -3.14. The summed E-state index contributed by atoms with van der Waals surface area (Å²) in [4.78, 5) is 41.9. The fraction of sp³-hybridized carbons (Fsp3) is 0.500. The van der Waals surface area contributed by atoms with Crippen LogP contribution in [-0.4, -0.2) is 81.3 Å². The van der Waals surface area contributed by atoms with Crippen LogP contribution in [0.1, 0.15) is 45.7 Å². The first-order chi connectivity index (χ1) is 19.7. The van der Waals surface area contributed by atoms with Crippen LogP contribution < -0.4 is 5.32 Å². The van der Waals surface area contributed by atoms with Crippen molar-refractivity contribution in [2.24, 2.45) is 11.8 Å². The highest BCUT2D eigenvalue weighted by Gasteiger charge is 2.39. The lowest BCUT2D eigenvalue weighted by Crippen LogP contribution is -2.55. The lowest BCUT2D eigenvalue weighted by atomic mass is 9.86. The van der Waals surface area contributed by atoms with Gasteiger partial charge in [0.25, 0.3) is 10.0 Å². The molecule has 2 aliphatic rings. The van der Waals surface area contributed by atoms with E-state index < -0.39 is 33.5 Å². The third-order valence-electron chi connectivity index (χ3n) is 7.11. The van der Waals surface area contributed by atoms with E-state index >= 15 is 0 Å². The van der Waals surface area contributed by atoms with Crippen LogP contribution in [0.4, 0.5) is 14.3 Å². The highest BCUT2D eigenvalue weighted by molar-refractivity contribution is 7.91. The molecule has 0 unspecified atom stereocenters. The normalized spacial score (nSPS) is 20.3. The highest BCUT2D eigenvalue weighted by atomic mass is 35.5. The first-order valence-electron chi connectivity index (χ1n) is 13.3. The Morgan fingerprint density at radius 1 is 1.19 bits per heavy atom. The maximum Gasteiger partial charge on any atom is 0.410 e. The molecule has 2 saturated heterocycles. The van der Waals surface area contributed by atoms with Crippen molar-refractivity contribution < 1.29 is 27.1 Å². The molecule has 3 aromatic heterocycles. The van der Waals surface area contributed by atoms with E-state index in [0.717, 1.165) is 17.5 Å². The van der Waals surface area contributed by atoms with E-state index in [1.54, 1.807) is 20.8 Å². The van der Waals surface area contributed by atoms with Crippen LogP contribution in [0.3, 0.4) is 0 Å². The first-order valence-corrected chi connectivity index (χ1v) is 16.0. The van der Waals surface area contributed by atoms with Gasteiger partial charge in [-0.2, -0.15) is 4.31 Å². The number of likely N-dealkylation sites (tertiary alicyclic amines) is 1. The topological polar surface area (TPSA) is 150 Å². The summed E-state index contributed by atoms with van der Waals surface area (Å²) >= 11 is 7.32. The number of nitrogens with one attached hydrogen (secondary N) is 2. The SMILES string of the molecule is C[C@H]1CN(S(=O)(=O)c2cnc(NC(=O)C3CN(C(=O)OC(C)(C)C)C3)s2)CC[C@H]1c1[nH]c(-c2ccc(F)cn2)nc1Cl. The van der Waals surface area contributed by atoms with Gasteiger partial charge in [0.2, 0.25) is 5.91 Å². The van der Waals surface area contributed by atoms with Crippen molar-refractivity contribution in [3.63, 3.8) is 0 Å². The Labute approximate surface area is 251 Å². The van der Waals surface area contributed by atoms with Gasteiger partial charge in [0.1, 0.15) is 17.1 Å². The van der Waals surface area contributed by atoms with E-state index in [9.17, 15) is 22.4 Å². The average molecular weight is 640 g/mol. The van der Waals surface area contributed by atoms with E-state index in [1.807, 2.05) is 6.92 Å². The molecule has 0 radical (unpaired) electrons. The molecule has 16 heteroatoms. The zero-order valence-corrected chi connectivity index (χ0v) is 25.8. The van der Waals surface area contributed by atoms with Crippen LogP contribution in [0.25, 0.3) is 11.5 Å². The molecular weight excluding hydrogens is 609 g/mol. The van der Waals surface area contributed by atoms with Gasteiger partial charge in [-0.15, -0.1) is 0 Å². The number of carbonyl (C=O) groups excluding carboxylic acids is 2. The summed E-state index contributed by atoms with van der Waals surface area (Å²) in [6.45, 7) is 8.17. The number of nitrogens with zero attached hydrogens (tertiary/aromatic N) is 5. The summed E-state index contributed by atoms with van der Waals surface area (Å²) in [7, 11) is -3.85. The number of H-pyrrole nitrogens is 1.